The van der Waals surface area contributed by atoms with E-state index < -0.39 is 10.0 Å². The minimum atomic E-state index is -3.49. The third-order valence-corrected chi connectivity index (χ3v) is 5.16. The molecule has 1 heterocycles. The Hall–Kier alpha value is -1.66. The monoisotopic (exact) mass is 307 g/mol. The first-order valence-corrected chi connectivity index (χ1v) is 8.41. The van der Waals surface area contributed by atoms with Gasteiger partial charge in [0.1, 0.15) is 0 Å². The van der Waals surface area contributed by atoms with E-state index >= 15 is 0 Å². The maximum absolute atomic E-state index is 12.3. The summed E-state index contributed by atoms with van der Waals surface area (Å²) in [7, 11) is -1.64. The Kier molecular flexibility index (Phi) is 4.49. The van der Waals surface area contributed by atoms with Crippen molar-refractivity contribution in [1.82, 2.24) is 14.5 Å². The number of hydrogen-bond acceptors (Lipinski definition) is 3. The summed E-state index contributed by atoms with van der Waals surface area (Å²) in [4.78, 5) is 0.291. The second-order valence-electron chi connectivity index (χ2n) is 5.10. The van der Waals surface area contributed by atoms with E-state index in [1.54, 1.807) is 16.8 Å². The highest BCUT2D eigenvalue weighted by molar-refractivity contribution is 7.89. The summed E-state index contributed by atoms with van der Waals surface area (Å²) < 4.78 is 29.0. The molecule has 2 rings (SSSR count). The van der Waals surface area contributed by atoms with Crippen molar-refractivity contribution in [2.75, 3.05) is 0 Å². The fraction of sp³-hybridized carbons (Fsp3) is 0.400. The molecule has 0 fully saturated rings. The van der Waals surface area contributed by atoms with Gasteiger partial charge in [-0.1, -0.05) is 19.1 Å². The van der Waals surface area contributed by atoms with Crippen molar-refractivity contribution in [3.05, 3.63) is 46.8 Å². The molecule has 114 valence electrons. The highest BCUT2D eigenvalue weighted by atomic mass is 32.2. The second-order valence-corrected chi connectivity index (χ2v) is 6.86. The van der Waals surface area contributed by atoms with Crippen molar-refractivity contribution in [2.24, 2.45) is 7.05 Å². The summed E-state index contributed by atoms with van der Waals surface area (Å²) in [5.74, 6) is 0. The topological polar surface area (TPSA) is 64.0 Å². The molecule has 2 aromatic rings. The second kappa shape index (κ2) is 5.99. The minimum Gasteiger partial charge on any atom is -0.272 e. The molecule has 0 bridgehead atoms. The largest absolute Gasteiger partial charge is 0.272 e. The van der Waals surface area contributed by atoms with Crippen LogP contribution in [0.15, 0.2) is 29.2 Å². The van der Waals surface area contributed by atoms with Crippen LogP contribution >= 0.6 is 0 Å². The summed E-state index contributed by atoms with van der Waals surface area (Å²) in [6.45, 7) is 6.10. The number of sulfonamides is 1. The van der Waals surface area contributed by atoms with Crippen molar-refractivity contribution < 1.29 is 8.42 Å². The lowest BCUT2D eigenvalue weighted by atomic mass is 10.2. The zero-order chi connectivity index (χ0) is 15.6. The summed E-state index contributed by atoms with van der Waals surface area (Å²) in [6.07, 6.45) is 0.891. The van der Waals surface area contributed by atoms with Gasteiger partial charge in [0.2, 0.25) is 10.0 Å². The van der Waals surface area contributed by atoms with Crippen LogP contribution in [-0.2, 0) is 30.0 Å². The summed E-state index contributed by atoms with van der Waals surface area (Å²) in [5.41, 5.74) is 3.86. The smallest absolute Gasteiger partial charge is 0.240 e. The van der Waals surface area contributed by atoms with Crippen LogP contribution in [-0.4, -0.2) is 18.2 Å². The van der Waals surface area contributed by atoms with Crippen LogP contribution < -0.4 is 4.72 Å². The van der Waals surface area contributed by atoms with E-state index in [1.807, 2.05) is 40.0 Å². The van der Waals surface area contributed by atoms with Gasteiger partial charge in [0.05, 0.1) is 10.6 Å². The van der Waals surface area contributed by atoms with Crippen molar-refractivity contribution in [1.29, 1.82) is 0 Å². The molecule has 0 aliphatic heterocycles. The SMILES string of the molecule is CCc1ccc(S(=O)(=O)NCc2c(C)nn(C)c2C)cc1. The van der Waals surface area contributed by atoms with E-state index in [0.29, 0.717) is 4.90 Å². The third kappa shape index (κ3) is 3.33. The predicted octanol–water partition coefficient (Wildman–Crippen LogP) is 2.08. The molecular formula is C15H21N3O2S. The number of hydrogen-bond donors (Lipinski definition) is 1. The van der Waals surface area contributed by atoms with Crippen molar-refractivity contribution in [3.8, 4) is 0 Å². The van der Waals surface area contributed by atoms with Gasteiger partial charge in [-0.15, -0.1) is 0 Å². The molecule has 0 unspecified atom stereocenters. The summed E-state index contributed by atoms with van der Waals surface area (Å²) >= 11 is 0. The summed E-state index contributed by atoms with van der Waals surface area (Å²) in [6, 6.07) is 6.97. The average molecular weight is 307 g/mol. The number of aryl methyl sites for hydroxylation is 3. The van der Waals surface area contributed by atoms with E-state index in [9.17, 15) is 8.42 Å². The number of nitrogens with zero attached hydrogens (tertiary/aromatic N) is 2. The highest BCUT2D eigenvalue weighted by Crippen LogP contribution is 2.15. The minimum absolute atomic E-state index is 0.253. The van der Waals surface area contributed by atoms with E-state index in [-0.39, 0.29) is 6.54 Å². The normalized spacial score (nSPS) is 11.8. The van der Waals surface area contributed by atoms with Gasteiger partial charge in [-0.05, 0) is 38.0 Å². The molecule has 0 spiro atoms. The molecule has 0 radical (unpaired) electrons. The molecule has 0 aliphatic rings. The Morgan fingerprint density at radius 1 is 1.19 bits per heavy atom. The molecule has 0 saturated heterocycles. The fourth-order valence-corrected chi connectivity index (χ4v) is 3.22. The summed E-state index contributed by atoms with van der Waals surface area (Å²) in [5, 5.41) is 4.29. The maximum atomic E-state index is 12.3. The van der Waals surface area contributed by atoms with Gasteiger partial charge in [-0.2, -0.15) is 5.10 Å². The van der Waals surface area contributed by atoms with Crippen LogP contribution in [0.2, 0.25) is 0 Å². The first-order valence-electron chi connectivity index (χ1n) is 6.93. The first kappa shape index (κ1) is 15.7. The Labute approximate surface area is 126 Å². The van der Waals surface area contributed by atoms with Crippen LogP contribution in [0.4, 0.5) is 0 Å². The van der Waals surface area contributed by atoms with E-state index in [0.717, 1.165) is 28.9 Å². The van der Waals surface area contributed by atoms with E-state index in [1.165, 1.54) is 0 Å². The number of rotatable bonds is 5. The molecule has 1 N–H and O–H groups in total. The molecule has 1 aromatic heterocycles. The molecule has 0 amide bonds. The standard InChI is InChI=1S/C15H21N3O2S/c1-5-13-6-8-14(9-7-13)21(19,20)16-10-15-11(2)17-18(4)12(15)3/h6-9,16H,5,10H2,1-4H3. The van der Waals surface area contributed by atoms with Crippen molar-refractivity contribution >= 4 is 10.0 Å². The van der Waals surface area contributed by atoms with E-state index in [4.69, 9.17) is 0 Å². The van der Waals surface area contributed by atoms with Gasteiger partial charge in [0.25, 0.3) is 0 Å². The van der Waals surface area contributed by atoms with Gasteiger partial charge in [-0.25, -0.2) is 13.1 Å². The van der Waals surface area contributed by atoms with Crippen LogP contribution in [0.5, 0.6) is 0 Å². The Morgan fingerprint density at radius 2 is 1.81 bits per heavy atom. The van der Waals surface area contributed by atoms with Gasteiger partial charge in [0.15, 0.2) is 0 Å². The molecule has 21 heavy (non-hydrogen) atoms. The quantitative estimate of drug-likeness (QED) is 0.920. The van der Waals surface area contributed by atoms with Crippen LogP contribution in [0, 0.1) is 13.8 Å². The first-order chi connectivity index (χ1) is 9.85. The molecule has 6 heteroatoms. The van der Waals surface area contributed by atoms with Crippen LogP contribution in [0.1, 0.15) is 29.4 Å². The lowest BCUT2D eigenvalue weighted by Crippen LogP contribution is -2.23. The average Bonchev–Trinajstić information content (AvgIpc) is 2.70. The Bertz CT molecular complexity index is 731. The predicted molar refractivity (Wildman–Crippen MR) is 82.5 cm³/mol. The Morgan fingerprint density at radius 3 is 2.29 bits per heavy atom. The van der Waals surface area contributed by atoms with Gasteiger partial charge >= 0.3 is 0 Å². The van der Waals surface area contributed by atoms with Gasteiger partial charge in [-0.3, -0.25) is 4.68 Å². The van der Waals surface area contributed by atoms with Crippen LogP contribution in [0.3, 0.4) is 0 Å². The number of aromatic nitrogens is 2. The molecule has 0 aliphatic carbocycles. The van der Waals surface area contributed by atoms with Crippen LogP contribution in [0.25, 0.3) is 0 Å². The van der Waals surface area contributed by atoms with Gasteiger partial charge < -0.3 is 0 Å². The van der Waals surface area contributed by atoms with Crippen molar-refractivity contribution in [2.45, 2.75) is 38.6 Å². The van der Waals surface area contributed by atoms with Crippen molar-refractivity contribution in [3.63, 3.8) is 0 Å². The molecule has 1 aromatic carbocycles. The van der Waals surface area contributed by atoms with E-state index in [2.05, 4.69) is 9.82 Å². The third-order valence-electron chi connectivity index (χ3n) is 3.74. The number of nitrogens with one attached hydrogen (secondary N) is 1. The lowest BCUT2D eigenvalue weighted by molar-refractivity contribution is 0.581. The molecule has 5 nitrogen and oxygen atoms in total. The zero-order valence-corrected chi connectivity index (χ0v) is 13.7. The molecule has 0 atom stereocenters. The highest BCUT2D eigenvalue weighted by Gasteiger charge is 2.16. The maximum Gasteiger partial charge on any atom is 0.240 e. The Balaban J connectivity index is 2.17. The molecular weight excluding hydrogens is 286 g/mol. The fourth-order valence-electron chi connectivity index (χ4n) is 2.23. The lowest BCUT2D eigenvalue weighted by Gasteiger charge is -2.08. The number of benzene rings is 1. The molecule has 0 saturated carbocycles. The zero-order valence-electron chi connectivity index (χ0n) is 12.8. The van der Waals surface area contributed by atoms with Gasteiger partial charge in [0, 0.05) is 24.8 Å².